The van der Waals surface area contributed by atoms with Gasteiger partial charge in [-0.15, -0.1) is 10.2 Å². The minimum Gasteiger partial charge on any atom is -0.381 e. The molecule has 20 heavy (non-hydrogen) atoms. The monoisotopic (exact) mass is 309 g/mol. The van der Waals surface area contributed by atoms with Crippen LogP contribution in [0.25, 0.3) is 0 Å². The second-order valence-electron chi connectivity index (χ2n) is 4.36. The summed E-state index contributed by atoms with van der Waals surface area (Å²) in [5, 5.41) is 12.5. The Morgan fingerprint density at radius 2 is 2.15 bits per heavy atom. The Labute approximate surface area is 128 Å². The molecule has 1 heterocycles. The van der Waals surface area contributed by atoms with Crippen molar-refractivity contribution in [3.8, 4) is 0 Å². The Balaban J connectivity index is 1.92. The summed E-state index contributed by atoms with van der Waals surface area (Å²) in [5.74, 6) is 0.909. The van der Waals surface area contributed by atoms with E-state index in [1.807, 2.05) is 6.92 Å². The number of nitrogens with one attached hydrogen (secondary N) is 1. The fourth-order valence-corrected chi connectivity index (χ4v) is 3.41. The molecule has 2 aromatic rings. The summed E-state index contributed by atoms with van der Waals surface area (Å²) in [6, 6.07) is 6.32. The summed E-state index contributed by atoms with van der Waals surface area (Å²) in [7, 11) is 0. The predicted octanol–water partition coefficient (Wildman–Crippen LogP) is 4.03. The van der Waals surface area contributed by atoms with E-state index in [1.165, 1.54) is 11.1 Å². The van der Waals surface area contributed by atoms with Crippen molar-refractivity contribution < 1.29 is 4.74 Å². The number of benzene rings is 1. The first-order valence-electron chi connectivity index (χ1n) is 6.57. The van der Waals surface area contributed by atoms with Crippen LogP contribution in [0.15, 0.2) is 22.5 Å². The van der Waals surface area contributed by atoms with E-state index in [0.29, 0.717) is 0 Å². The van der Waals surface area contributed by atoms with E-state index in [-0.39, 0.29) is 0 Å². The average Bonchev–Trinajstić information content (AvgIpc) is 2.86. The Kier molecular flexibility index (Phi) is 5.82. The van der Waals surface area contributed by atoms with E-state index in [0.717, 1.165) is 34.1 Å². The summed E-state index contributed by atoms with van der Waals surface area (Å²) in [6.45, 7) is 7.70. The number of thioether (sulfide) groups is 1. The van der Waals surface area contributed by atoms with Crippen molar-refractivity contribution >= 4 is 33.9 Å². The Morgan fingerprint density at radius 3 is 2.90 bits per heavy atom. The maximum atomic E-state index is 5.30. The summed E-state index contributed by atoms with van der Waals surface area (Å²) in [5.41, 5.74) is 3.56. The topological polar surface area (TPSA) is 47.0 Å². The van der Waals surface area contributed by atoms with Gasteiger partial charge in [0.15, 0.2) is 4.34 Å². The highest BCUT2D eigenvalue weighted by atomic mass is 32.2. The van der Waals surface area contributed by atoms with E-state index in [9.17, 15) is 0 Å². The number of rotatable bonds is 7. The van der Waals surface area contributed by atoms with Gasteiger partial charge in [0, 0.05) is 18.0 Å². The van der Waals surface area contributed by atoms with Crippen LogP contribution >= 0.6 is 23.1 Å². The molecule has 1 aromatic carbocycles. The van der Waals surface area contributed by atoms with Crippen molar-refractivity contribution in [1.29, 1.82) is 0 Å². The van der Waals surface area contributed by atoms with Gasteiger partial charge in [-0.3, -0.25) is 0 Å². The first-order valence-corrected chi connectivity index (χ1v) is 8.37. The van der Waals surface area contributed by atoms with Crippen LogP contribution in [0.3, 0.4) is 0 Å². The van der Waals surface area contributed by atoms with Gasteiger partial charge < -0.3 is 10.1 Å². The molecule has 6 heteroatoms. The largest absolute Gasteiger partial charge is 0.381 e. The minimum atomic E-state index is 0.751. The molecule has 0 bridgehead atoms. The number of anilines is 2. The van der Waals surface area contributed by atoms with Gasteiger partial charge in [-0.2, -0.15) is 0 Å². The standard InChI is InChI=1S/C14H19N3OS2/c1-4-18-7-8-19-14-17-16-13(20-14)15-12-6-5-10(2)9-11(12)3/h5-6,9H,4,7-8H2,1-3H3,(H,15,16). The third-order valence-electron chi connectivity index (χ3n) is 2.69. The van der Waals surface area contributed by atoms with Gasteiger partial charge in [-0.05, 0) is 32.4 Å². The van der Waals surface area contributed by atoms with Crippen molar-refractivity contribution in [1.82, 2.24) is 10.2 Å². The molecule has 0 unspecified atom stereocenters. The van der Waals surface area contributed by atoms with Crippen molar-refractivity contribution in [3.63, 3.8) is 0 Å². The molecule has 0 saturated heterocycles. The van der Waals surface area contributed by atoms with Crippen molar-refractivity contribution in [3.05, 3.63) is 29.3 Å². The maximum Gasteiger partial charge on any atom is 0.210 e. The molecule has 0 aliphatic carbocycles. The number of nitrogens with zero attached hydrogens (tertiary/aromatic N) is 2. The van der Waals surface area contributed by atoms with E-state index < -0.39 is 0 Å². The summed E-state index contributed by atoms with van der Waals surface area (Å²) in [6.07, 6.45) is 0. The lowest BCUT2D eigenvalue weighted by atomic mass is 10.1. The SMILES string of the molecule is CCOCCSc1nnc(Nc2ccc(C)cc2C)s1. The van der Waals surface area contributed by atoms with Gasteiger partial charge >= 0.3 is 0 Å². The molecule has 0 fully saturated rings. The zero-order chi connectivity index (χ0) is 14.4. The molecule has 0 spiro atoms. The van der Waals surface area contributed by atoms with Gasteiger partial charge in [-0.25, -0.2) is 0 Å². The van der Waals surface area contributed by atoms with Crippen LogP contribution < -0.4 is 5.32 Å². The molecule has 0 saturated carbocycles. The van der Waals surface area contributed by atoms with Gasteiger partial charge in [-0.1, -0.05) is 40.8 Å². The molecule has 108 valence electrons. The van der Waals surface area contributed by atoms with Crippen molar-refractivity contribution in [2.24, 2.45) is 0 Å². The van der Waals surface area contributed by atoms with E-state index in [4.69, 9.17) is 4.74 Å². The Hall–Kier alpha value is -1.11. The second kappa shape index (κ2) is 7.61. The molecule has 4 nitrogen and oxygen atoms in total. The average molecular weight is 309 g/mol. The smallest absolute Gasteiger partial charge is 0.210 e. The van der Waals surface area contributed by atoms with Crippen molar-refractivity contribution in [2.75, 3.05) is 24.3 Å². The van der Waals surface area contributed by atoms with E-state index in [1.54, 1.807) is 23.1 Å². The van der Waals surface area contributed by atoms with E-state index >= 15 is 0 Å². The Bertz CT molecular complexity index is 557. The fraction of sp³-hybridized carbons (Fsp3) is 0.429. The number of hydrogen-bond acceptors (Lipinski definition) is 6. The zero-order valence-corrected chi connectivity index (χ0v) is 13.6. The molecule has 1 N–H and O–H groups in total. The van der Waals surface area contributed by atoms with Crippen LogP contribution in [0.2, 0.25) is 0 Å². The molecule has 2 rings (SSSR count). The number of hydrogen-bond donors (Lipinski definition) is 1. The second-order valence-corrected chi connectivity index (χ2v) is 6.68. The third-order valence-corrected chi connectivity index (χ3v) is 4.62. The van der Waals surface area contributed by atoms with Gasteiger partial charge in [0.05, 0.1) is 6.61 Å². The normalized spacial score (nSPS) is 10.8. The summed E-state index contributed by atoms with van der Waals surface area (Å²) in [4.78, 5) is 0. The van der Waals surface area contributed by atoms with Gasteiger partial charge in [0.2, 0.25) is 5.13 Å². The van der Waals surface area contributed by atoms with Crippen LogP contribution in [0.1, 0.15) is 18.1 Å². The van der Waals surface area contributed by atoms with Crippen LogP contribution in [0, 0.1) is 13.8 Å². The summed E-state index contributed by atoms with van der Waals surface area (Å²) >= 11 is 3.25. The lowest BCUT2D eigenvalue weighted by Crippen LogP contribution is -1.95. The lowest BCUT2D eigenvalue weighted by molar-refractivity contribution is 0.164. The number of aromatic nitrogens is 2. The quantitative estimate of drug-likeness (QED) is 0.618. The molecular weight excluding hydrogens is 290 g/mol. The van der Waals surface area contributed by atoms with Crippen LogP contribution in [-0.2, 0) is 4.74 Å². The fourth-order valence-electron chi connectivity index (χ4n) is 1.72. The highest BCUT2D eigenvalue weighted by molar-refractivity contribution is 8.01. The first-order chi connectivity index (χ1) is 9.69. The summed E-state index contributed by atoms with van der Waals surface area (Å²) < 4.78 is 6.27. The molecule has 0 radical (unpaired) electrons. The molecule has 0 aliphatic rings. The highest BCUT2D eigenvalue weighted by Crippen LogP contribution is 2.28. The molecule has 0 amide bonds. The molecule has 0 aliphatic heterocycles. The molecule has 1 aromatic heterocycles. The lowest BCUT2D eigenvalue weighted by Gasteiger charge is -2.06. The Morgan fingerprint density at radius 1 is 1.30 bits per heavy atom. The molecular formula is C14H19N3OS2. The highest BCUT2D eigenvalue weighted by Gasteiger charge is 2.06. The van der Waals surface area contributed by atoms with Gasteiger partial charge in [0.1, 0.15) is 0 Å². The minimum absolute atomic E-state index is 0.751. The van der Waals surface area contributed by atoms with E-state index in [2.05, 4.69) is 47.6 Å². The zero-order valence-electron chi connectivity index (χ0n) is 12.0. The van der Waals surface area contributed by atoms with Crippen LogP contribution in [0.5, 0.6) is 0 Å². The van der Waals surface area contributed by atoms with Crippen LogP contribution in [0.4, 0.5) is 10.8 Å². The number of aryl methyl sites for hydroxylation is 2. The van der Waals surface area contributed by atoms with Crippen molar-refractivity contribution in [2.45, 2.75) is 25.1 Å². The number of ether oxygens (including phenoxy) is 1. The maximum absolute atomic E-state index is 5.30. The predicted molar refractivity (Wildman–Crippen MR) is 86.3 cm³/mol. The first kappa shape index (κ1) is 15.3. The third kappa shape index (κ3) is 4.47. The molecule has 0 atom stereocenters. The van der Waals surface area contributed by atoms with Gasteiger partial charge in [0.25, 0.3) is 0 Å². The van der Waals surface area contributed by atoms with Crippen LogP contribution in [-0.4, -0.2) is 29.2 Å².